The van der Waals surface area contributed by atoms with Gasteiger partial charge in [-0.25, -0.2) is 9.97 Å². The van der Waals surface area contributed by atoms with Crippen LogP contribution in [0.25, 0.3) is 11.0 Å². The molecule has 108 valence electrons. The quantitative estimate of drug-likeness (QED) is 0.750. The molecule has 3 aromatic rings. The fraction of sp³-hybridized carbons (Fsp3) is 0.375. The lowest BCUT2D eigenvalue weighted by atomic mass is 10.2. The topological polar surface area (TPSA) is 56.7 Å². The van der Waals surface area contributed by atoms with Gasteiger partial charge >= 0.3 is 0 Å². The van der Waals surface area contributed by atoms with Gasteiger partial charge in [0.2, 0.25) is 0 Å². The predicted octanol–water partition coefficient (Wildman–Crippen LogP) is 3.50. The van der Waals surface area contributed by atoms with Crippen molar-refractivity contribution in [1.29, 1.82) is 0 Å². The molecule has 4 nitrogen and oxygen atoms in total. The Morgan fingerprint density at radius 1 is 1.33 bits per heavy atom. The second-order valence-corrected chi connectivity index (χ2v) is 6.81. The molecule has 0 aliphatic heterocycles. The van der Waals surface area contributed by atoms with E-state index in [2.05, 4.69) is 27.9 Å². The molecule has 4 rings (SSSR count). The smallest absolute Gasteiger partial charge is 0.113 e. The normalized spacial score (nSPS) is 14.9. The number of imidazole rings is 1. The molecule has 2 aromatic heterocycles. The van der Waals surface area contributed by atoms with Crippen LogP contribution in [0.1, 0.15) is 35.3 Å². The van der Waals surface area contributed by atoms with Gasteiger partial charge in [0, 0.05) is 30.0 Å². The Morgan fingerprint density at radius 2 is 2.19 bits per heavy atom. The van der Waals surface area contributed by atoms with Gasteiger partial charge < -0.3 is 10.3 Å². The number of hydrogen-bond donors (Lipinski definition) is 1. The first-order valence-electron chi connectivity index (χ1n) is 7.37. The van der Waals surface area contributed by atoms with Crippen LogP contribution in [0, 0.1) is 6.92 Å². The molecule has 1 fully saturated rings. The van der Waals surface area contributed by atoms with Crippen LogP contribution in [0.3, 0.4) is 0 Å². The number of nitrogen functional groups attached to an aromatic ring is 1. The number of rotatable bonds is 4. The number of anilines is 1. The molecule has 0 saturated heterocycles. The summed E-state index contributed by atoms with van der Waals surface area (Å²) in [6.07, 6.45) is 3.48. The third kappa shape index (κ3) is 2.42. The first kappa shape index (κ1) is 12.8. The summed E-state index contributed by atoms with van der Waals surface area (Å²) in [7, 11) is 0. The van der Waals surface area contributed by atoms with E-state index in [4.69, 9.17) is 10.7 Å². The summed E-state index contributed by atoms with van der Waals surface area (Å²) in [5.74, 6) is 1.86. The average Bonchev–Trinajstić information content (AvgIpc) is 3.13. The van der Waals surface area contributed by atoms with Crippen molar-refractivity contribution in [2.45, 2.75) is 38.6 Å². The average molecular weight is 298 g/mol. The molecule has 0 atom stereocenters. The van der Waals surface area contributed by atoms with Crippen molar-refractivity contribution in [3.63, 3.8) is 0 Å². The fourth-order valence-electron chi connectivity index (χ4n) is 2.80. The molecule has 0 spiro atoms. The lowest BCUT2D eigenvalue weighted by Crippen LogP contribution is -2.05. The summed E-state index contributed by atoms with van der Waals surface area (Å²) in [5, 5.41) is 3.29. The summed E-state index contributed by atoms with van der Waals surface area (Å²) >= 11 is 1.72. The van der Waals surface area contributed by atoms with Crippen LogP contribution in [0.4, 0.5) is 5.69 Å². The van der Waals surface area contributed by atoms with E-state index < -0.39 is 0 Å². The third-order valence-corrected chi connectivity index (χ3v) is 4.82. The second kappa shape index (κ2) is 4.84. The van der Waals surface area contributed by atoms with Gasteiger partial charge in [-0.2, -0.15) is 0 Å². The Bertz CT molecular complexity index is 798. The second-order valence-electron chi connectivity index (χ2n) is 5.75. The Morgan fingerprint density at radius 3 is 2.90 bits per heavy atom. The van der Waals surface area contributed by atoms with E-state index in [-0.39, 0.29) is 0 Å². The van der Waals surface area contributed by atoms with Crippen LogP contribution in [0.15, 0.2) is 23.6 Å². The largest absolute Gasteiger partial charge is 0.399 e. The first-order chi connectivity index (χ1) is 10.2. The maximum atomic E-state index is 5.88. The number of aromatic nitrogens is 3. The van der Waals surface area contributed by atoms with Gasteiger partial charge in [0.1, 0.15) is 5.82 Å². The van der Waals surface area contributed by atoms with Gasteiger partial charge in [-0.3, -0.25) is 0 Å². The minimum atomic E-state index is 0.635. The summed E-state index contributed by atoms with van der Waals surface area (Å²) in [6, 6.07) is 6.03. The molecule has 0 radical (unpaired) electrons. The number of thiazole rings is 1. The lowest BCUT2D eigenvalue weighted by molar-refractivity contribution is 0.663. The molecule has 0 unspecified atom stereocenters. The summed E-state index contributed by atoms with van der Waals surface area (Å²) in [5.41, 5.74) is 10.1. The molecule has 2 N–H and O–H groups in total. The van der Waals surface area contributed by atoms with E-state index in [0.717, 1.165) is 29.2 Å². The zero-order valence-electron chi connectivity index (χ0n) is 12.0. The van der Waals surface area contributed by atoms with Crippen LogP contribution in [-0.2, 0) is 13.0 Å². The standard InChI is InChI=1S/C16H18N4S/c1-10-18-13(9-21-10)6-7-20-15-5-4-12(17)8-14(15)19-16(20)11-2-3-11/h4-5,8-9,11H,2-3,6-7,17H2,1H3. The highest BCUT2D eigenvalue weighted by Crippen LogP contribution is 2.40. The Hall–Kier alpha value is -1.88. The Balaban J connectivity index is 1.70. The van der Waals surface area contributed by atoms with Crippen LogP contribution in [0.5, 0.6) is 0 Å². The minimum absolute atomic E-state index is 0.635. The van der Waals surface area contributed by atoms with Crippen LogP contribution in [0.2, 0.25) is 0 Å². The van der Waals surface area contributed by atoms with Crippen molar-refractivity contribution < 1.29 is 0 Å². The Labute approximate surface area is 127 Å². The molecular weight excluding hydrogens is 280 g/mol. The van der Waals surface area contributed by atoms with E-state index >= 15 is 0 Å². The SMILES string of the molecule is Cc1nc(CCn2c(C3CC3)nc3cc(N)ccc32)cs1. The molecule has 1 aliphatic rings. The molecule has 0 bridgehead atoms. The van der Waals surface area contributed by atoms with Crippen molar-refractivity contribution >= 4 is 28.1 Å². The first-order valence-corrected chi connectivity index (χ1v) is 8.25. The number of nitrogens with two attached hydrogens (primary N) is 1. The Kier molecular flexibility index (Phi) is 2.96. The van der Waals surface area contributed by atoms with E-state index in [1.807, 2.05) is 12.1 Å². The van der Waals surface area contributed by atoms with Gasteiger partial charge in [-0.15, -0.1) is 11.3 Å². The summed E-state index contributed by atoms with van der Waals surface area (Å²) in [4.78, 5) is 9.38. The van der Waals surface area contributed by atoms with Crippen LogP contribution in [-0.4, -0.2) is 14.5 Å². The highest BCUT2D eigenvalue weighted by molar-refractivity contribution is 7.09. The molecular formula is C16H18N4S. The van der Waals surface area contributed by atoms with E-state index in [9.17, 15) is 0 Å². The molecule has 1 aliphatic carbocycles. The number of benzene rings is 1. The van der Waals surface area contributed by atoms with Gasteiger partial charge in [0.05, 0.1) is 21.7 Å². The highest BCUT2D eigenvalue weighted by atomic mass is 32.1. The van der Waals surface area contributed by atoms with Gasteiger partial charge in [-0.05, 0) is 38.0 Å². The molecule has 2 heterocycles. The van der Waals surface area contributed by atoms with Gasteiger partial charge in [-0.1, -0.05) is 0 Å². The maximum absolute atomic E-state index is 5.88. The van der Waals surface area contributed by atoms with Crippen molar-refractivity contribution in [2.24, 2.45) is 0 Å². The molecule has 1 saturated carbocycles. The van der Waals surface area contributed by atoms with Crippen molar-refractivity contribution in [3.05, 3.63) is 40.1 Å². The third-order valence-electron chi connectivity index (χ3n) is 4.00. The van der Waals surface area contributed by atoms with Gasteiger partial charge in [0.15, 0.2) is 0 Å². The zero-order chi connectivity index (χ0) is 14.4. The van der Waals surface area contributed by atoms with E-state index in [1.54, 1.807) is 11.3 Å². The highest BCUT2D eigenvalue weighted by Gasteiger charge is 2.29. The number of nitrogens with zero attached hydrogens (tertiary/aromatic N) is 3. The minimum Gasteiger partial charge on any atom is -0.399 e. The molecule has 1 aromatic carbocycles. The molecule has 21 heavy (non-hydrogen) atoms. The number of fused-ring (bicyclic) bond motifs is 1. The van der Waals surface area contributed by atoms with E-state index in [0.29, 0.717) is 5.92 Å². The lowest BCUT2D eigenvalue weighted by Gasteiger charge is -2.07. The van der Waals surface area contributed by atoms with Gasteiger partial charge in [0.25, 0.3) is 0 Å². The van der Waals surface area contributed by atoms with Crippen LogP contribution >= 0.6 is 11.3 Å². The fourth-order valence-corrected chi connectivity index (χ4v) is 3.45. The molecule has 0 amide bonds. The monoisotopic (exact) mass is 298 g/mol. The zero-order valence-corrected chi connectivity index (χ0v) is 12.9. The number of aryl methyl sites for hydroxylation is 3. The van der Waals surface area contributed by atoms with Crippen molar-refractivity contribution in [1.82, 2.24) is 14.5 Å². The van der Waals surface area contributed by atoms with Crippen molar-refractivity contribution in [2.75, 3.05) is 5.73 Å². The summed E-state index contributed by atoms with van der Waals surface area (Å²) < 4.78 is 2.36. The van der Waals surface area contributed by atoms with Crippen LogP contribution < -0.4 is 5.73 Å². The number of hydrogen-bond acceptors (Lipinski definition) is 4. The maximum Gasteiger partial charge on any atom is 0.113 e. The summed E-state index contributed by atoms with van der Waals surface area (Å²) in [6.45, 7) is 2.99. The predicted molar refractivity (Wildman–Crippen MR) is 86.7 cm³/mol. The molecule has 5 heteroatoms. The van der Waals surface area contributed by atoms with Crippen molar-refractivity contribution in [3.8, 4) is 0 Å². The van der Waals surface area contributed by atoms with E-state index in [1.165, 1.54) is 29.9 Å².